The first kappa shape index (κ1) is 13.5. The van der Waals surface area contributed by atoms with Gasteiger partial charge in [0.15, 0.2) is 5.75 Å². The molecule has 0 aliphatic carbocycles. The third-order valence-corrected chi connectivity index (χ3v) is 3.13. The number of halogens is 2. The number of nitrogen functional groups attached to an aromatic ring is 1. The summed E-state index contributed by atoms with van der Waals surface area (Å²) in [7, 11) is 0. The average molecular weight is 346 g/mol. The van der Waals surface area contributed by atoms with Crippen molar-refractivity contribution in [3.05, 3.63) is 44.1 Å². The topological polar surface area (TPSA) is 104 Å². The van der Waals surface area contributed by atoms with Crippen molar-refractivity contribution < 1.29 is 9.66 Å². The smallest absolute Gasteiger partial charge is 0.273 e. The molecule has 1 aromatic carbocycles. The monoisotopic (exact) mass is 344 g/mol. The number of nitrogens with two attached hydrogens (primary N) is 1. The second-order valence-corrected chi connectivity index (χ2v) is 4.58. The van der Waals surface area contributed by atoms with Crippen molar-refractivity contribution in [1.82, 2.24) is 9.97 Å². The number of aromatic nitrogens is 2. The van der Waals surface area contributed by atoms with Crippen molar-refractivity contribution in [3.63, 3.8) is 0 Å². The molecular weight excluding hydrogens is 339 g/mol. The van der Waals surface area contributed by atoms with Gasteiger partial charge >= 0.3 is 0 Å². The molecule has 1 heterocycles. The summed E-state index contributed by atoms with van der Waals surface area (Å²) in [5, 5.41) is 10.7. The molecule has 0 aliphatic heterocycles. The molecule has 2 N–H and O–H groups in total. The second kappa shape index (κ2) is 5.37. The van der Waals surface area contributed by atoms with Gasteiger partial charge in [-0.2, -0.15) is 4.98 Å². The van der Waals surface area contributed by atoms with Gasteiger partial charge in [0.05, 0.1) is 15.5 Å². The van der Waals surface area contributed by atoms with Crippen molar-refractivity contribution in [2.45, 2.75) is 0 Å². The van der Waals surface area contributed by atoms with Crippen LogP contribution in [0.5, 0.6) is 11.6 Å². The van der Waals surface area contributed by atoms with Gasteiger partial charge in [-0.05, 0) is 22.0 Å². The Hall–Kier alpha value is -1.93. The molecule has 0 amide bonds. The Morgan fingerprint density at radius 2 is 2.16 bits per heavy atom. The van der Waals surface area contributed by atoms with Gasteiger partial charge < -0.3 is 10.5 Å². The molecule has 0 bridgehead atoms. The average Bonchev–Trinajstić information content (AvgIpc) is 2.37. The highest BCUT2D eigenvalue weighted by Crippen LogP contribution is 2.35. The zero-order valence-electron chi connectivity index (χ0n) is 9.21. The van der Waals surface area contributed by atoms with E-state index >= 15 is 0 Å². The third-order valence-electron chi connectivity index (χ3n) is 2.12. The number of rotatable bonds is 3. The van der Waals surface area contributed by atoms with Crippen molar-refractivity contribution in [2.75, 3.05) is 5.73 Å². The van der Waals surface area contributed by atoms with Crippen molar-refractivity contribution in [1.29, 1.82) is 0 Å². The van der Waals surface area contributed by atoms with Gasteiger partial charge in [0.1, 0.15) is 17.2 Å². The molecule has 19 heavy (non-hydrogen) atoms. The van der Waals surface area contributed by atoms with E-state index < -0.39 is 4.92 Å². The number of benzene rings is 1. The maximum absolute atomic E-state index is 10.7. The first-order valence-electron chi connectivity index (χ1n) is 4.87. The van der Waals surface area contributed by atoms with E-state index in [-0.39, 0.29) is 28.2 Å². The van der Waals surface area contributed by atoms with Crippen LogP contribution in [0.1, 0.15) is 0 Å². The van der Waals surface area contributed by atoms with Gasteiger partial charge in [-0.15, -0.1) is 0 Å². The molecule has 0 spiro atoms. The van der Waals surface area contributed by atoms with Crippen molar-refractivity contribution >= 4 is 39.0 Å². The maximum atomic E-state index is 10.7. The second-order valence-electron chi connectivity index (χ2n) is 3.35. The summed E-state index contributed by atoms with van der Waals surface area (Å²) in [4.78, 5) is 17.7. The maximum Gasteiger partial charge on any atom is 0.273 e. The molecule has 0 radical (unpaired) electrons. The molecule has 9 heteroatoms. The molecule has 0 unspecified atom stereocenters. The highest BCUT2D eigenvalue weighted by Gasteiger charge is 2.14. The summed E-state index contributed by atoms with van der Waals surface area (Å²) < 4.78 is 5.92. The summed E-state index contributed by atoms with van der Waals surface area (Å²) in [5.41, 5.74) is 5.39. The number of nitrogens with zero attached hydrogens (tertiary/aromatic N) is 3. The quantitative estimate of drug-likeness (QED) is 0.676. The Morgan fingerprint density at radius 3 is 2.84 bits per heavy atom. The predicted molar refractivity (Wildman–Crippen MR) is 72.3 cm³/mol. The first-order valence-corrected chi connectivity index (χ1v) is 6.04. The summed E-state index contributed by atoms with van der Waals surface area (Å²) >= 11 is 9.09. The number of hydrogen-bond acceptors (Lipinski definition) is 6. The third kappa shape index (κ3) is 2.91. The van der Waals surface area contributed by atoms with Crippen LogP contribution in [0.4, 0.5) is 11.5 Å². The van der Waals surface area contributed by atoms with Crippen LogP contribution in [-0.2, 0) is 0 Å². The highest BCUT2D eigenvalue weighted by molar-refractivity contribution is 9.10. The van der Waals surface area contributed by atoms with E-state index in [4.69, 9.17) is 22.1 Å². The molecular formula is C10H6BrClN4O3. The van der Waals surface area contributed by atoms with E-state index in [1.165, 1.54) is 24.5 Å². The minimum absolute atomic E-state index is 0.0235. The minimum Gasteiger partial charge on any atom is -0.436 e. The van der Waals surface area contributed by atoms with Crippen LogP contribution in [0.3, 0.4) is 0 Å². The van der Waals surface area contributed by atoms with Gasteiger partial charge in [-0.25, -0.2) is 4.98 Å². The fraction of sp³-hybridized carbons (Fsp3) is 0. The standard InChI is InChI=1S/C10H6BrClN4O3/c11-6-2-1-5(16(17)18)3-7(6)19-10-8(12)9(13)14-4-15-10/h1-4H,(H2,13,14,15). The van der Waals surface area contributed by atoms with Crippen LogP contribution in [-0.4, -0.2) is 14.9 Å². The van der Waals surface area contributed by atoms with Crippen molar-refractivity contribution in [2.24, 2.45) is 0 Å². The van der Waals surface area contributed by atoms with E-state index in [0.29, 0.717) is 4.47 Å². The normalized spacial score (nSPS) is 10.2. The van der Waals surface area contributed by atoms with Crippen LogP contribution in [0.15, 0.2) is 29.0 Å². The van der Waals surface area contributed by atoms with E-state index in [1.807, 2.05) is 0 Å². The Kier molecular flexibility index (Phi) is 3.82. The lowest BCUT2D eigenvalue weighted by Gasteiger charge is -2.08. The van der Waals surface area contributed by atoms with Crippen LogP contribution in [0.25, 0.3) is 0 Å². The molecule has 2 rings (SSSR count). The molecule has 0 atom stereocenters. The predicted octanol–water partition coefficient (Wildman–Crippen LogP) is 3.18. The Labute approximate surface area is 120 Å². The van der Waals surface area contributed by atoms with E-state index in [0.717, 1.165) is 0 Å². The summed E-state index contributed by atoms with van der Waals surface area (Å²) in [5.74, 6) is 0.290. The van der Waals surface area contributed by atoms with Crippen LogP contribution in [0, 0.1) is 10.1 Å². The lowest BCUT2D eigenvalue weighted by molar-refractivity contribution is -0.384. The van der Waals surface area contributed by atoms with Gasteiger partial charge in [0.2, 0.25) is 5.88 Å². The Bertz CT molecular complexity index is 653. The summed E-state index contributed by atoms with van der Waals surface area (Å²) in [6.45, 7) is 0. The molecule has 98 valence electrons. The van der Waals surface area contributed by atoms with Gasteiger partial charge in [0, 0.05) is 6.07 Å². The van der Waals surface area contributed by atoms with Crippen LogP contribution < -0.4 is 10.5 Å². The van der Waals surface area contributed by atoms with Gasteiger partial charge in [-0.1, -0.05) is 11.6 Å². The number of nitro benzene ring substituents is 1. The number of nitro groups is 1. The summed E-state index contributed by atoms with van der Waals surface area (Å²) in [6, 6.07) is 4.08. The largest absolute Gasteiger partial charge is 0.436 e. The molecule has 0 fully saturated rings. The Morgan fingerprint density at radius 1 is 1.42 bits per heavy atom. The number of non-ortho nitro benzene ring substituents is 1. The summed E-state index contributed by atoms with van der Waals surface area (Å²) in [6.07, 6.45) is 1.18. The lowest BCUT2D eigenvalue weighted by Crippen LogP contribution is -1.97. The van der Waals surface area contributed by atoms with Crippen LogP contribution >= 0.6 is 27.5 Å². The van der Waals surface area contributed by atoms with Gasteiger partial charge in [0.25, 0.3) is 5.69 Å². The highest BCUT2D eigenvalue weighted by atomic mass is 79.9. The van der Waals surface area contributed by atoms with E-state index in [9.17, 15) is 10.1 Å². The van der Waals surface area contributed by atoms with Crippen molar-refractivity contribution in [3.8, 4) is 11.6 Å². The first-order chi connectivity index (χ1) is 8.99. The lowest BCUT2D eigenvalue weighted by atomic mass is 10.3. The van der Waals surface area contributed by atoms with Gasteiger partial charge in [-0.3, -0.25) is 10.1 Å². The molecule has 2 aromatic rings. The number of hydrogen-bond donors (Lipinski definition) is 1. The minimum atomic E-state index is -0.532. The SMILES string of the molecule is Nc1ncnc(Oc2cc([N+](=O)[O-])ccc2Br)c1Cl. The molecule has 0 saturated carbocycles. The molecule has 0 saturated heterocycles. The van der Waals surface area contributed by atoms with Crippen LogP contribution in [0.2, 0.25) is 5.02 Å². The fourth-order valence-electron chi connectivity index (χ4n) is 1.23. The van der Waals surface area contributed by atoms with E-state index in [2.05, 4.69) is 25.9 Å². The molecule has 0 aliphatic rings. The fourth-order valence-corrected chi connectivity index (χ4v) is 1.69. The number of anilines is 1. The zero-order chi connectivity index (χ0) is 14.0. The molecule has 1 aromatic heterocycles. The number of ether oxygens (including phenoxy) is 1. The molecule has 7 nitrogen and oxygen atoms in total. The van der Waals surface area contributed by atoms with E-state index in [1.54, 1.807) is 0 Å². The zero-order valence-corrected chi connectivity index (χ0v) is 11.6. The Balaban J connectivity index is 2.40.